The molecule has 1 atom stereocenters. The van der Waals surface area contributed by atoms with Gasteiger partial charge in [-0.1, -0.05) is 5.16 Å². The van der Waals surface area contributed by atoms with Crippen molar-refractivity contribution < 1.29 is 9.94 Å². The van der Waals surface area contributed by atoms with Crippen LogP contribution in [0.4, 0.5) is 0 Å². The molecule has 1 saturated heterocycles. The van der Waals surface area contributed by atoms with Crippen molar-refractivity contribution in [2.45, 2.75) is 18.9 Å². The first-order valence-corrected chi connectivity index (χ1v) is 4.47. The molecule has 0 bridgehead atoms. The van der Waals surface area contributed by atoms with Crippen molar-refractivity contribution in [3.8, 4) is 0 Å². The number of ether oxygens (including phenoxy) is 1. The molecule has 76 valence electrons. The van der Waals surface area contributed by atoms with E-state index in [0.717, 1.165) is 25.9 Å². The summed E-state index contributed by atoms with van der Waals surface area (Å²) in [4.78, 5) is 2.13. The molecule has 0 spiro atoms. The van der Waals surface area contributed by atoms with Gasteiger partial charge in [0.15, 0.2) is 5.84 Å². The number of rotatable bonds is 3. The number of likely N-dealkylation sites (tertiary alicyclic amines) is 1. The third-order valence-electron chi connectivity index (χ3n) is 2.31. The van der Waals surface area contributed by atoms with Gasteiger partial charge in [-0.15, -0.1) is 0 Å². The van der Waals surface area contributed by atoms with E-state index in [1.54, 1.807) is 7.11 Å². The summed E-state index contributed by atoms with van der Waals surface area (Å²) in [7, 11) is 1.72. The standard InChI is InChI=1S/C8H17N3O2/c1-13-7-3-2-4-11(5-7)6-8(9)10-12/h7,12H,2-6H2,1H3,(H2,9,10)/t7-/m1/s1. The highest BCUT2D eigenvalue weighted by Crippen LogP contribution is 2.11. The Bertz CT molecular complexity index is 184. The van der Waals surface area contributed by atoms with Crippen LogP contribution >= 0.6 is 0 Å². The lowest BCUT2D eigenvalue weighted by Gasteiger charge is -2.31. The summed E-state index contributed by atoms with van der Waals surface area (Å²) in [5, 5.41) is 11.3. The Balaban J connectivity index is 2.34. The van der Waals surface area contributed by atoms with Crippen LogP contribution in [0.2, 0.25) is 0 Å². The first kappa shape index (κ1) is 10.3. The van der Waals surface area contributed by atoms with Crippen molar-refractivity contribution >= 4 is 5.84 Å². The van der Waals surface area contributed by atoms with E-state index in [4.69, 9.17) is 15.7 Å². The molecule has 0 unspecified atom stereocenters. The van der Waals surface area contributed by atoms with Gasteiger partial charge in [0.05, 0.1) is 12.6 Å². The third kappa shape index (κ3) is 3.20. The smallest absolute Gasteiger partial charge is 0.153 e. The number of piperidine rings is 1. The fourth-order valence-electron chi connectivity index (χ4n) is 1.61. The van der Waals surface area contributed by atoms with Crippen molar-refractivity contribution in [3.63, 3.8) is 0 Å². The predicted octanol–water partition coefficient (Wildman–Crippen LogP) is -0.156. The molecule has 0 aromatic heterocycles. The van der Waals surface area contributed by atoms with E-state index in [1.807, 2.05) is 0 Å². The molecule has 0 saturated carbocycles. The van der Waals surface area contributed by atoms with Crippen molar-refractivity contribution in [1.82, 2.24) is 4.90 Å². The van der Waals surface area contributed by atoms with E-state index < -0.39 is 0 Å². The zero-order valence-electron chi connectivity index (χ0n) is 7.94. The Labute approximate surface area is 78.1 Å². The lowest BCUT2D eigenvalue weighted by molar-refractivity contribution is 0.0367. The van der Waals surface area contributed by atoms with E-state index in [-0.39, 0.29) is 5.84 Å². The second-order valence-corrected chi connectivity index (χ2v) is 3.33. The maximum absolute atomic E-state index is 8.39. The molecular formula is C8H17N3O2. The summed E-state index contributed by atoms with van der Waals surface area (Å²) in [6.07, 6.45) is 2.50. The van der Waals surface area contributed by atoms with Gasteiger partial charge in [-0.05, 0) is 19.4 Å². The minimum absolute atomic E-state index is 0.261. The number of hydrogen-bond donors (Lipinski definition) is 2. The van der Waals surface area contributed by atoms with Crippen molar-refractivity contribution in [3.05, 3.63) is 0 Å². The number of methoxy groups -OCH3 is 1. The monoisotopic (exact) mass is 187 g/mol. The van der Waals surface area contributed by atoms with Gasteiger partial charge in [-0.25, -0.2) is 0 Å². The molecule has 1 aliphatic heterocycles. The average molecular weight is 187 g/mol. The molecule has 3 N–H and O–H groups in total. The van der Waals surface area contributed by atoms with Crippen LogP contribution in [-0.4, -0.2) is 48.8 Å². The Morgan fingerprint density at radius 2 is 2.54 bits per heavy atom. The highest BCUT2D eigenvalue weighted by molar-refractivity contribution is 5.81. The number of amidine groups is 1. The fourth-order valence-corrected chi connectivity index (χ4v) is 1.61. The Morgan fingerprint density at radius 3 is 3.15 bits per heavy atom. The second kappa shape index (κ2) is 5.04. The largest absolute Gasteiger partial charge is 0.409 e. The number of oxime groups is 1. The van der Waals surface area contributed by atoms with Crippen LogP contribution in [0.3, 0.4) is 0 Å². The zero-order chi connectivity index (χ0) is 9.68. The number of nitrogens with two attached hydrogens (primary N) is 1. The van der Waals surface area contributed by atoms with E-state index in [9.17, 15) is 0 Å². The molecule has 0 radical (unpaired) electrons. The van der Waals surface area contributed by atoms with Crippen LogP contribution in [0.25, 0.3) is 0 Å². The SMILES string of the molecule is CO[C@@H]1CCCN(C/C(N)=N\O)C1. The fraction of sp³-hybridized carbons (Fsp3) is 0.875. The van der Waals surface area contributed by atoms with Crippen LogP contribution in [-0.2, 0) is 4.74 Å². The Morgan fingerprint density at radius 1 is 1.77 bits per heavy atom. The van der Waals surface area contributed by atoms with Crippen LogP contribution in [0, 0.1) is 0 Å². The molecular weight excluding hydrogens is 170 g/mol. The van der Waals surface area contributed by atoms with E-state index in [0.29, 0.717) is 12.6 Å². The molecule has 0 aromatic rings. The van der Waals surface area contributed by atoms with E-state index in [1.165, 1.54) is 0 Å². The molecule has 1 rings (SSSR count). The normalized spacial score (nSPS) is 26.2. The lowest BCUT2D eigenvalue weighted by atomic mass is 10.1. The van der Waals surface area contributed by atoms with Gasteiger partial charge in [0.25, 0.3) is 0 Å². The van der Waals surface area contributed by atoms with E-state index in [2.05, 4.69) is 10.1 Å². The second-order valence-electron chi connectivity index (χ2n) is 3.33. The molecule has 13 heavy (non-hydrogen) atoms. The minimum Gasteiger partial charge on any atom is -0.409 e. The third-order valence-corrected chi connectivity index (χ3v) is 2.31. The molecule has 0 aliphatic carbocycles. The Hall–Kier alpha value is -0.810. The van der Waals surface area contributed by atoms with Crippen LogP contribution in [0.5, 0.6) is 0 Å². The number of nitrogens with zero attached hydrogens (tertiary/aromatic N) is 2. The van der Waals surface area contributed by atoms with Crippen molar-refractivity contribution in [1.29, 1.82) is 0 Å². The quantitative estimate of drug-likeness (QED) is 0.279. The molecule has 1 aliphatic rings. The van der Waals surface area contributed by atoms with Crippen LogP contribution < -0.4 is 5.73 Å². The average Bonchev–Trinajstić information content (AvgIpc) is 2.18. The van der Waals surface area contributed by atoms with Gasteiger partial charge in [-0.3, -0.25) is 4.90 Å². The van der Waals surface area contributed by atoms with Gasteiger partial charge in [0.2, 0.25) is 0 Å². The van der Waals surface area contributed by atoms with E-state index >= 15 is 0 Å². The molecule has 0 amide bonds. The summed E-state index contributed by atoms with van der Waals surface area (Å²) < 4.78 is 5.25. The van der Waals surface area contributed by atoms with Crippen molar-refractivity contribution in [2.24, 2.45) is 10.9 Å². The van der Waals surface area contributed by atoms with Gasteiger partial charge in [0.1, 0.15) is 0 Å². The summed E-state index contributed by atoms with van der Waals surface area (Å²) in [6, 6.07) is 0. The maximum atomic E-state index is 8.39. The number of hydrogen-bond acceptors (Lipinski definition) is 4. The van der Waals surface area contributed by atoms with Gasteiger partial charge in [0, 0.05) is 13.7 Å². The molecule has 0 aromatic carbocycles. The summed E-state index contributed by atoms with van der Waals surface area (Å²) in [5.41, 5.74) is 5.41. The predicted molar refractivity (Wildman–Crippen MR) is 49.9 cm³/mol. The lowest BCUT2D eigenvalue weighted by Crippen LogP contribution is -2.43. The Kier molecular flexibility index (Phi) is 3.98. The molecule has 1 fully saturated rings. The molecule has 1 heterocycles. The zero-order valence-corrected chi connectivity index (χ0v) is 7.94. The summed E-state index contributed by atoms with van der Waals surface area (Å²) >= 11 is 0. The minimum atomic E-state index is 0.261. The highest BCUT2D eigenvalue weighted by Gasteiger charge is 2.19. The van der Waals surface area contributed by atoms with Gasteiger partial charge < -0.3 is 15.7 Å². The van der Waals surface area contributed by atoms with Crippen molar-refractivity contribution in [2.75, 3.05) is 26.7 Å². The highest BCUT2D eigenvalue weighted by atomic mass is 16.5. The van der Waals surface area contributed by atoms with Crippen LogP contribution in [0.1, 0.15) is 12.8 Å². The summed E-state index contributed by atoms with van der Waals surface area (Å²) in [6.45, 7) is 2.39. The maximum Gasteiger partial charge on any atom is 0.153 e. The van der Waals surface area contributed by atoms with Crippen LogP contribution in [0.15, 0.2) is 5.16 Å². The van der Waals surface area contributed by atoms with Gasteiger partial charge >= 0.3 is 0 Å². The first-order chi connectivity index (χ1) is 6.26. The van der Waals surface area contributed by atoms with Gasteiger partial charge in [-0.2, -0.15) is 0 Å². The molecule has 5 nitrogen and oxygen atoms in total. The molecule has 5 heteroatoms. The summed E-state index contributed by atoms with van der Waals surface area (Å²) in [5.74, 6) is 0.261. The first-order valence-electron chi connectivity index (χ1n) is 4.47. The topological polar surface area (TPSA) is 71.1 Å².